The van der Waals surface area contributed by atoms with E-state index in [0.717, 1.165) is 12.8 Å². The van der Waals surface area contributed by atoms with Crippen LogP contribution in [-0.2, 0) is 0 Å². The van der Waals surface area contributed by atoms with Crippen LogP contribution in [0.25, 0.3) is 0 Å². The van der Waals surface area contributed by atoms with E-state index in [2.05, 4.69) is 29.4 Å². The molecule has 5 nitrogen and oxygen atoms in total. The van der Waals surface area contributed by atoms with Gasteiger partial charge in [0, 0.05) is 18.8 Å². The summed E-state index contributed by atoms with van der Waals surface area (Å²) in [5.41, 5.74) is 6.54. The average Bonchev–Trinajstić information content (AvgIpc) is 2.81. The molecule has 1 amide bonds. The molecule has 1 heterocycles. The maximum Gasteiger partial charge on any atom is 0.254 e. The number of carbonyl (C=O) groups is 1. The molecule has 0 fully saturated rings. The minimum Gasteiger partial charge on any atom is -0.350 e. The summed E-state index contributed by atoms with van der Waals surface area (Å²) in [6, 6.07) is 0.0193. The zero-order chi connectivity index (χ0) is 12.0. The molecule has 4 N–H and O–H groups in total. The molecule has 0 spiro atoms. The first-order valence-corrected chi connectivity index (χ1v) is 5.71. The number of rotatable bonds is 6. The molecule has 90 valence electrons. The van der Waals surface area contributed by atoms with Crippen LogP contribution in [-0.4, -0.2) is 28.7 Å². The van der Waals surface area contributed by atoms with Crippen LogP contribution in [0.5, 0.6) is 0 Å². The second-order valence-corrected chi connectivity index (χ2v) is 3.94. The Bertz CT molecular complexity index is 306. The van der Waals surface area contributed by atoms with E-state index in [4.69, 9.17) is 5.73 Å². The number of nitrogens with one attached hydrogen (secondary N) is 2. The van der Waals surface area contributed by atoms with Crippen LogP contribution in [0.4, 0.5) is 0 Å². The van der Waals surface area contributed by atoms with Crippen molar-refractivity contribution in [3.8, 4) is 0 Å². The molecule has 1 aromatic rings. The maximum absolute atomic E-state index is 11.6. The predicted octanol–water partition coefficient (Wildman–Crippen LogP) is 0.903. The fraction of sp³-hybridized carbons (Fsp3) is 0.636. The van der Waals surface area contributed by atoms with Crippen molar-refractivity contribution in [2.45, 2.75) is 32.7 Å². The lowest BCUT2D eigenvalue weighted by atomic mass is 9.95. The van der Waals surface area contributed by atoms with Gasteiger partial charge in [-0.25, -0.2) is 0 Å². The predicted molar refractivity (Wildman–Crippen MR) is 63.0 cm³/mol. The number of nitrogens with zero attached hydrogens (tertiary/aromatic N) is 1. The third kappa shape index (κ3) is 3.34. The maximum atomic E-state index is 11.6. The minimum atomic E-state index is -0.129. The summed E-state index contributed by atoms with van der Waals surface area (Å²) in [5.74, 6) is 0.333. The first-order chi connectivity index (χ1) is 7.69. The summed E-state index contributed by atoms with van der Waals surface area (Å²) < 4.78 is 0. The van der Waals surface area contributed by atoms with E-state index in [-0.39, 0.29) is 11.9 Å². The van der Waals surface area contributed by atoms with Crippen molar-refractivity contribution in [3.05, 3.63) is 18.0 Å². The van der Waals surface area contributed by atoms with Crippen molar-refractivity contribution in [2.75, 3.05) is 6.54 Å². The van der Waals surface area contributed by atoms with Crippen molar-refractivity contribution in [2.24, 2.45) is 11.7 Å². The fourth-order valence-corrected chi connectivity index (χ4v) is 1.75. The monoisotopic (exact) mass is 224 g/mol. The topological polar surface area (TPSA) is 83.8 Å². The lowest BCUT2D eigenvalue weighted by Gasteiger charge is -2.21. The minimum absolute atomic E-state index is 0.0193. The molecule has 0 radical (unpaired) electrons. The first kappa shape index (κ1) is 12.7. The largest absolute Gasteiger partial charge is 0.350 e. The van der Waals surface area contributed by atoms with Gasteiger partial charge in [-0.15, -0.1) is 0 Å². The van der Waals surface area contributed by atoms with E-state index in [1.165, 1.54) is 6.20 Å². The number of carbonyl (C=O) groups excluding carboxylic acids is 1. The summed E-state index contributed by atoms with van der Waals surface area (Å²) in [4.78, 5) is 11.6. The molecule has 0 aliphatic heterocycles. The lowest BCUT2D eigenvalue weighted by molar-refractivity contribution is 0.0948. The quantitative estimate of drug-likeness (QED) is 0.671. The van der Waals surface area contributed by atoms with Gasteiger partial charge in [-0.2, -0.15) is 5.10 Å². The Morgan fingerprint density at radius 2 is 2.25 bits per heavy atom. The fourth-order valence-electron chi connectivity index (χ4n) is 1.75. The Morgan fingerprint density at radius 1 is 1.56 bits per heavy atom. The number of amides is 1. The third-order valence-electron chi connectivity index (χ3n) is 2.91. The number of aromatic amines is 1. The molecular weight excluding hydrogens is 204 g/mol. The molecule has 1 aromatic heterocycles. The summed E-state index contributed by atoms with van der Waals surface area (Å²) >= 11 is 0. The Morgan fingerprint density at radius 3 is 2.75 bits per heavy atom. The number of hydrogen-bond donors (Lipinski definition) is 3. The number of H-pyrrole nitrogens is 1. The molecule has 0 bridgehead atoms. The first-order valence-electron chi connectivity index (χ1n) is 5.71. The van der Waals surface area contributed by atoms with Crippen molar-refractivity contribution >= 4 is 5.91 Å². The Balaban J connectivity index is 2.37. The standard InChI is InChI=1S/C11H20N4O/c1-3-8(4-2)10(12)7-13-11(16)9-5-14-15-6-9/h5-6,8,10H,3-4,7,12H2,1-2H3,(H,13,16)(H,14,15). The van der Waals surface area contributed by atoms with Crippen LogP contribution in [0.3, 0.4) is 0 Å². The lowest BCUT2D eigenvalue weighted by Crippen LogP contribution is -2.41. The zero-order valence-corrected chi connectivity index (χ0v) is 9.86. The van der Waals surface area contributed by atoms with Crippen LogP contribution in [0.2, 0.25) is 0 Å². The van der Waals surface area contributed by atoms with Crippen molar-refractivity contribution < 1.29 is 4.79 Å². The van der Waals surface area contributed by atoms with Gasteiger partial charge in [0.2, 0.25) is 0 Å². The molecule has 1 rings (SSSR count). The van der Waals surface area contributed by atoms with Crippen LogP contribution in [0.15, 0.2) is 12.4 Å². The van der Waals surface area contributed by atoms with Gasteiger partial charge in [-0.3, -0.25) is 9.89 Å². The van der Waals surface area contributed by atoms with E-state index in [1.54, 1.807) is 6.20 Å². The molecule has 0 saturated heterocycles. The van der Waals surface area contributed by atoms with Crippen molar-refractivity contribution in [1.82, 2.24) is 15.5 Å². The van der Waals surface area contributed by atoms with Crippen molar-refractivity contribution in [3.63, 3.8) is 0 Å². The van der Waals surface area contributed by atoms with Gasteiger partial charge in [0.1, 0.15) is 0 Å². The SMILES string of the molecule is CCC(CC)C(N)CNC(=O)c1cn[nH]c1. The zero-order valence-electron chi connectivity index (χ0n) is 9.86. The normalized spacial score (nSPS) is 12.8. The molecule has 1 atom stereocenters. The molecular formula is C11H20N4O. The van der Waals surface area contributed by atoms with E-state index in [9.17, 15) is 4.79 Å². The molecule has 0 aromatic carbocycles. The second kappa shape index (κ2) is 6.27. The molecule has 16 heavy (non-hydrogen) atoms. The highest BCUT2D eigenvalue weighted by atomic mass is 16.1. The second-order valence-electron chi connectivity index (χ2n) is 3.94. The summed E-state index contributed by atoms with van der Waals surface area (Å²) in [6.45, 7) is 4.74. The highest BCUT2D eigenvalue weighted by Crippen LogP contribution is 2.10. The summed E-state index contributed by atoms with van der Waals surface area (Å²) in [5, 5.41) is 9.13. The van der Waals surface area contributed by atoms with Crippen LogP contribution in [0.1, 0.15) is 37.0 Å². The summed E-state index contributed by atoms with van der Waals surface area (Å²) in [6.07, 6.45) is 5.15. The third-order valence-corrected chi connectivity index (χ3v) is 2.91. The van der Waals surface area contributed by atoms with Crippen LogP contribution < -0.4 is 11.1 Å². The van der Waals surface area contributed by atoms with Gasteiger partial charge in [-0.1, -0.05) is 26.7 Å². The molecule has 0 saturated carbocycles. The highest BCUT2D eigenvalue weighted by Gasteiger charge is 2.15. The molecule has 1 unspecified atom stereocenters. The van der Waals surface area contributed by atoms with Crippen LogP contribution >= 0.6 is 0 Å². The van der Waals surface area contributed by atoms with Gasteiger partial charge in [0.25, 0.3) is 5.91 Å². The van der Waals surface area contributed by atoms with Gasteiger partial charge < -0.3 is 11.1 Å². The van der Waals surface area contributed by atoms with E-state index in [0.29, 0.717) is 18.0 Å². The molecule has 0 aliphatic carbocycles. The summed E-state index contributed by atoms with van der Waals surface area (Å²) in [7, 11) is 0. The molecule has 5 heteroatoms. The van der Waals surface area contributed by atoms with E-state index in [1.807, 2.05) is 0 Å². The average molecular weight is 224 g/mol. The van der Waals surface area contributed by atoms with E-state index < -0.39 is 0 Å². The highest BCUT2D eigenvalue weighted by molar-refractivity contribution is 5.93. The van der Waals surface area contributed by atoms with Gasteiger partial charge in [0.15, 0.2) is 0 Å². The van der Waals surface area contributed by atoms with Gasteiger partial charge in [-0.05, 0) is 5.92 Å². The van der Waals surface area contributed by atoms with Crippen molar-refractivity contribution in [1.29, 1.82) is 0 Å². The van der Waals surface area contributed by atoms with Crippen LogP contribution in [0, 0.1) is 5.92 Å². The Labute approximate surface area is 95.8 Å². The van der Waals surface area contributed by atoms with Gasteiger partial charge in [0.05, 0.1) is 11.8 Å². The number of hydrogen-bond acceptors (Lipinski definition) is 3. The number of aromatic nitrogens is 2. The van der Waals surface area contributed by atoms with E-state index >= 15 is 0 Å². The smallest absolute Gasteiger partial charge is 0.254 e. The molecule has 0 aliphatic rings. The Kier molecular flexibility index (Phi) is 4.98. The number of nitrogens with two attached hydrogens (primary N) is 1. The Hall–Kier alpha value is -1.36. The van der Waals surface area contributed by atoms with Gasteiger partial charge >= 0.3 is 0 Å².